The largest absolute Gasteiger partial charge is 0.384 e. The molecule has 1 saturated heterocycles. The Kier molecular flexibility index (Phi) is 8.18. The Morgan fingerprint density at radius 2 is 1.79 bits per heavy atom. The van der Waals surface area contributed by atoms with Gasteiger partial charge in [-0.3, -0.25) is 9.89 Å². The van der Waals surface area contributed by atoms with E-state index in [0.29, 0.717) is 45.6 Å². The number of primary amides is 1. The molecule has 42 heavy (non-hydrogen) atoms. The van der Waals surface area contributed by atoms with Crippen molar-refractivity contribution in [2.75, 3.05) is 57.2 Å². The maximum atomic E-state index is 13.9. The zero-order chi connectivity index (χ0) is 30.2. The van der Waals surface area contributed by atoms with Crippen molar-refractivity contribution in [2.24, 2.45) is 5.73 Å². The van der Waals surface area contributed by atoms with Crippen LogP contribution in [0, 0.1) is 11.6 Å². The van der Waals surface area contributed by atoms with E-state index in [4.69, 9.17) is 10.5 Å². The van der Waals surface area contributed by atoms with Gasteiger partial charge in [-0.05, 0) is 68.4 Å². The van der Waals surface area contributed by atoms with Crippen molar-refractivity contribution in [3.05, 3.63) is 76.9 Å². The van der Waals surface area contributed by atoms with Gasteiger partial charge in [-0.1, -0.05) is 6.07 Å². The molecule has 1 aliphatic heterocycles. The number of aromatic amines is 1. The number of ether oxygens (including phenoxy) is 1. The lowest BCUT2D eigenvalue weighted by Gasteiger charge is -2.36. The summed E-state index contributed by atoms with van der Waals surface area (Å²) >= 11 is 0. The molecule has 1 amide bonds. The van der Waals surface area contributed by atoms with Crippen molar-refractivity contribution >= 4 is 28.2 Å². The van der Waals surface area contributed by atoms with Crippen molar-refractivity contribution in [1.82, 2.24) is 15.1 Å². The van der Waals surface area contributed by atoms with Gasteiger partial charge in [-0.25, -0.2) is 8.78 Å². The number of nitrogens with one attached hydrogen (secondary N) is 2. The highest BCUT2D eigenvalue weighted by Gasteiger charge is 2.29. The van der Waals surface area contributed by atoms with Gasteiger partial charge in [0, 0.05) is 50.4 Å². The number of anilines is 2. The number of nitrogens with zero attached hydrogens (tertiary/aromatic N) is 3. The van der Waals surface area contributed by atoms with Crippen LogP contribution in [0.3, 0.4) is 0 Å². The van der Waals surface area contributed by atoms with Crippen LogP contribution in [0.15, 0.2) is 48.5 Å². The van der Waals surface area contributed by atoms with Gasteiger partial charge < -0.3 is 30.7 Å². The van der Waals surface area contributed by atoms with E-state index in [-0.39, 0.29) is 5.56 Å². The van der Waals surface area contributed by atoms with E-state index in [0.717, 1.165) is 50.1 Å². The Morgan fingerprint density at radius 1 is 1.10 bits per heavy atom. The number of fused-ring (bicyclic) bond motifs is 1. The minimum atomic E-state index is -1.28. The number of nitrogens with two attached hydrogens (primary N) is 1. The van der Waals surface area contributed by atoms with Crippen LogP contribution in [-0.4, -0.2) is 78.6 Å². The Labute approximate surface area is 243 Å². The molecular weight excluding hydrogens is 542 g/mol. The molecular formula is C31H36F2N6O3. The zero-order valence-corrected chi connectivity index (χ0v) is 24.2. The summed E-state index contributed by atoms with van der Waals surface area (Å²) in [6.45, 7) is 7.51. The lowest BCUT2D eigenvalue weighted by atomic mass is 9.94. The van der Waals surface area contributed by atoms with Gasteiger partial charge in [-0.15, -0.1) is 0 Å². The Bertz CT molecular complexity index is 1590. The molecule has 9 nitrogen and oxygen atoms in total. The first-order chi connectivity index (χ1) is 20.0. The molecule has 222 valence electrons. The van der Waals surface area contributed by atoms with Crippen molar-refractivity contribution in [3.63, 3.8) is 0 Å². The van der Waals surface area contributed by atoms with Crippen LogP contribution in [-0.2, 0) is 4.74 Å². The third kappa shape index (κ3) is 5.94. The van der Waals surface area contributed by atoms with E-state index < -0.39 is 29.2 Å². The van der Waals surface area contributed by atoms with Crippen LogP contribution in [0.25, 0.3) is 22.2 Å². The topological polar surface area (TPSA) is 120 Å². The van der Waals surface area contributed by atoms with E-state index in [1.165, 1.54) is 0 Å². The predicted molar refractivity (Wildman–Crippen MR) is 160 cm³/mol. The molecule has 2 heterocycles. The monoisotopic (exact) mass is 578 g/mol. The molecule has 5 N–H and O–H groups in total. The smallest absolute Gasteiger partial charge is 0.250 e. The summed E-state index contributed by atoms with van der Waals surface area (Å²) in [5.41, 5.74) is 9.42. The molecule has 1 fully saturated rings. The first-order valence-electron chi connectivity index (χ1n) is 13.8. The number of aliphatic hydroxyl groups is 1. The van der Waals surface area contributed by atoms with Crippen molar-refractivity contribution in [1.29, 1.82) is 0 Å². The average molecular weight is 579 g/mol. The van der Waals surface area contributed by atoms with Crippen molar-refractivity contribution in [3.8, 4) is 11.3 Å². The Morgan fingerprint density at radius 3 is 2.43 bits per heavy atom. The summed E-state index contributed by atoms with van der Waals surface area (Å²) in [5.74, 6) is -2.15. The molecule has 1 atom stereocenters. The minimum absolute atomic E-state index is 0.0921. The standard InChI is InChI=1S/C31H36F2N6O3/c1-31(2,17-42-4)35-27-22(30(34)41)6-8-25(39-11-9-38(3)10-12-39)26(27)28-23-15-18(5-7-24(23)36-37-28)29(40)19-13-20(32)16-21(33)14-19/h5-8,13-16,29,35,40H,9-12,17H2,1-4H3,(H2,34,41)(H,36,37). The van der Waals surface area contributed by atoms with Crippen molar-refractivity contribution in [2.45, 2.75) is 25.5 Å². The van der Waals surface area contributed by atoms with Crippen LogP contribution in [0.4, 0.5) is 20.2 Å². The molecule has 0 saturated carbocycles. The molecule has 11 heteroatoms. The highest BCUT2D eigenvalue weighted by Crippen LogP contribution is 2.43. The number of benzene rings is 3. The van der Waals surface area contributed by atoms with Crippen LogP contribution in [0.2, 0.25) is 0 Å². The second kappa shape index (κ2) is 11.7. The lowest BCUT2D eigenvalue weighted by molar-refractivity contribution is 0.100. The highest BCUT2D eigenvalue weighted by molar-refractivity contribution is 6.08. The summed E-state index contributed by atoms with van der Waals surface area (Å²) in [6.07, 6.45) is -1.28. The fourth-order valence-electron chi connectivity index (χ4n) is 5.53. The summed E-state index contributed by atoms with van der Waals surface area (Å²) in [5, 5.41) is 23.0. The summed E-state index contributed by atoms with van der Waals surface area (Å²) in [6, 6.07) is 11.8. The van der Waals surface area contributed by atoms with Gasteiger partial charge in [0.05, 0.1) is 34.5 Å². The van der Waals surface area contributed by atoms with Crippen LogP contribution in [0.1, 0.15) is 41.4 Å². The number of aromatic nitrogens is 2. The lowest BCUT2D eigenvalue weighted by Crippen LogP contribution is -2.45. The molecule has 0 aliphatic carbocycles. The summed E-state index contributed by atoms with van der Waals surface area (Å²) < 4.78 is 33.3. The number of methoxy groups -OCH3 is 1. The second-order valence-corrected chi connectivity index (χ2v) is 11.5. The molecule has 5 rings (SSSR count). The molecule has 1 aliphatic rings. The highest BCUT2D eigenvalue weighted by atomic mass is 19.1. The second-order valence-electron chi connectivity index (χ2n) is 11.5. The Balaban J connectivity index is 1.72. The van der Waals surface area contributed by atoms with E-state index in [1.807, 2.05) is 19.9 Å². The summed E-state index contributed by atoms with van der Waals surface area (Å²) in [7, 11) is 3.69. The Hall–Kier alpha value is -4.06. The van der Waals surface area contributed by atoms with Crippen LogP contribution < -0.4 is 16.0 Å². The third-order valence-electron chi connectivity index (χ3n) is 7.60. The number of amides is 1. The number of carbonyl (C=O) groups is 1. The molecule has 0 bridgehead atoms. The number of H-pyrrole nitrogens is 1. The van der Waals surface area contributed by atoms with E-state index >= 15 is 0 Å². The number of rotatable bonds is 9. The number of piperazine rings is 1. The number of hydrogen-bond donors (Lipinski definition) is 4. The van der Waals surface area contributed by atoms with Gasteiger partial charge in [-0.2, -0.15) is 5.10 Å². The fraction of sp³-hybridized carbons (Fsp3) is 0.355. The third-order valence-corrected chi connectivity index (χ3v) is 7.60. The first kappa shape index (κ1) is 29.4. The quantitative estimate of drug-likeness (QED) is 0.234. The van der Waals surface area contributed by atoms with E-state index in [2.05, 4.69) is 32.4 Å². The molecule has 3 aromatic carbocycles. The fourth-order valence-corrected chi connectivity index (χ4v) is 5.53. The minimum Gasteiger partial charge on any atom is -0.384 e. The molecule has 1 aromatic heterocycles. The van der Waals surface area contributed by atoms with Gasteiger partial charge in [0.15, 0.2) is 0 Å². The average Bonchev–Trinajstić information content (AvgIpc) is 3.35. The predicted octanol–water partition coefficient (Wildman–Crippen LogP) is 4.28. The van der Waals surface area contributed by atoms with E-state index in [1.54, 1.807) is 31.4 Å². The number of carbonyl (C=O) groups excluding carboxylic acids is 1. The van der Waals surface area contributed by atoms with Gasteiger partial charge in [0.1, 0.15) is 23.4 Å². The maximum absolute atomic E-state index is 13.9. The van der Waals surface area contributed by atoms with Gasteiger partial charge in [0.25, 0.3) is 5.91 Å². The molecule has 0 radical (unpaired) electrons. The van der Waals surface area contributed by atoms with E-state index in [9.17, 15) is 18.7 Å². The number of aliphatic hydroxyl groups excluding tert-OH is 1. The van der Waals surface area contributed by atoms with Crippen LogP contribution in [0.5, 0.6) is 0 Å². The van der Waals surface area contributed by atoms with Crippen molar-refractivity contribution < 1.29 is 23.4 Å². The maximum Gasteiger partial charge on any atom is 0.250 e. The van der Waals surface area contributed by atoms with Crippen LogP contribution >= 0.6 is 0 Å². The van der Waals surface area contributed by atoms with Gasteiger partial charge >= 0.3 is 0 Å². The number of halogens is 2. The number of hydrogen-bond acceptors (Lipinski definition) is 7. The SMILES string of the molecule is COCC(C)(C)Nc1c(C(N)=O)ccc(N2CCN(C)CC2)c1-c1n[nH]c2ccc(C(O)c3cc(F)cc(F)c3)cc12. The number of likely N-dealkylation sites (N-methyl/N-ethyl adjacent to an activating group) is 1. The summed E-state index contributed by atoms with van der Waals surface area (Å²) in [4.78, 5) is 17.2. The zero-order valence-electron chi connectivity index (χ0n) is 24.2. The normalized spacial score (nSPS) is 15.3. The first-order valence-corrected chi connectivity index (χ1v) is 13.8. The molecule has 4 aromatic rings. The molecule has 1 unspecified atom stereocenters. The molecule has 0 spiro atoms. The van der Waals surface area contributed by atoms with Gasteiger partial charge in [0.2, 0.25) is 0 Å².